The number of nitrogens with zero attached hydrogens (tertiary/aromatic N) is 1. The predicted octanol–water partition coefficient (Wildman–Crippen LogP) is 1.05. The topological polar surface area (TPSA) is 97.0 Å². The number of aromatic carboxylic acids is 1. The van der Waals surface area contributed by atoms with Gasteiger partial charge in [-0.1, -0.05) is 11.8 Å². The van der Waals surface area contributed by atoms with Crippen LogP contribution < -0.4 is 0 Å². The zero-order chi connectivity index (χ0) is 13.1. The number of ether oxygens (including phenoxy) is 1. The van der Waals surface area contributed by atoms with E-state index in [1.807, 2.05) is 0 Å². The molecule has 1 aromatic rings. The molecule has 0 saturated carbocycles. The lowest BCUT2D eigenvalue weighted by Gasteiger charge is -2.08. The summed E-state index contributed by atoms with van der Waals surface area (Å²) in [6.45, 7) is 0.454. The van der Waals surface area contributed by atoms with Gasteiger partial charge in [-0.25, -0.2) is 14.5 Å². The number of furan rings is 1. The molecule has 0 bridgehead atoms. The van der Waals surface area contributed by atoms with Gasteiger partial charge in [-0.3, -0.25) is 4.79 Å². The second-order valence-corrected chi connectivity index (χ2v) is 4.35. The zero-order valence-corrected chi connectivity index (χ0v) is 9.94. The molecule has 1 N–H and O–H groups in total. The van der Waals surface area contributed by atoms with Crippen LogP contribution in [0.15, 0.2) is 21.6 Å². The largest absolute Gasteiger partial charge is 0.475 e. The minimum Gasteiger partial charge on any atom is -0.475 e. The maximum absolute atomic E-state index is 11.6. The summed E-state index contributed by atoms with van der Waals surface area (Å²) in [7, 11) is 0. The SMILES string of the molecule is O=C(O)c1ccc(SCC(=O)N2CCOC2=O)o1. The standard InChI is InChI=1S/C10H9NO6S/c12-7(11-3-4-16-10(11)15)5-18-8-2-1-6(17-8)9(13)14/h1-2H,3-5H2,(H,13,14). The Labute approximate surface area is 106 Å². The summed E-state index contributed by atoms with van der Waals surface area (Å²) in [4.78, 5) is 34.3. The maximum atomic E-state index is 11.6. The first-order valence-corrected chi connectivity index (χ1v) is 5.99. The average Bonchev–Trinajstić information content (AvgIpc) is 2.94. The molecular formula is C10H9NO6S. The highest BCUT2D eigenvalue weighted by Crippen LogP contribution is 2.21. The molecule has 96 valence electrons. The highest BCUT2D eigenvalue weighted by Gasteiger charge is 2.28. The summed E-state index contributed by atoms with van der Waals surface area (Å²) in [5.74, 6) is -1.76. The highest BCUT2D eigenvalue weighted by atomic mass is 32.2. The number of amides is 2. The number of carbonyl (C=O) groups excluding carboxylic acids is 2. The smallest absolute Gasteiger partial charge is 0.416 e. The molecule has 1 aliphatic heterocycles. The predicted molar refractivity (Wildman–Crippen MR) is 59.5 cm³/mol. The van der Waals surface area contributed by atoms with Crippen LogP contribution in [0.4, 0.5) is 4.79 Å². The van der Waals surface area contributed by atoms with Crippen LogP contribution in [0.1, 0.15) is 10.6 Å². The molecule has 0 aliphatic carbocycles. The van der Waals surface area contributed by atoms with Gasteiger partial charge in [0.2, 0.25) is 11.7 Å². The third kappa shape index (κ3) is 2.65. The van der Waals surface area contributed by atoms with Crippen LogP contribution in [0, 0.1) is 0 Å². The van der Waals surface area contributed by atoms with E-state index < -0.39 is 18.0 Å². The van der Waals surface area contributed by atoms with Crippen molar-refractivity contribution in [2.75, 3.05) is 18.9 Å². The second-order valence-electron chi connectivity index (χ2n) is 3.37. The van der Waals surface area contributed by atoms with Crippen molar-refractivity contribution in [1.29, 1.82) is 0 Å². The molecule has 1 saturated heterocycles. The number of carboxylic acids is 1. The second kappa shape index (κ2) is 5.13. The Bertz CT molecular complexity index is 496. The van der Waals surface area contributed by atoms with Crippen LogP contribution in [-0.4, -0.2) is 46.9 Å². The third-order valence-electron chi connectivity index (χ3n) is 2.19. The number of rotatable bonds is 4. The molecule has 1 fully saturated rings. The van der Waals surface area contributed by atoms with Crippen molar-refractivity contribution < 1.29 is 28.6 Å². The lowest BCUT2D eigenvalue weighted by Crippen LogP contribution is -2.32. The van der Waals surface area contributed by atoms with E-state index in [-0.39, 0.29) is 24.7 Å². The van der Waals surface area contributed by atoms with Gasteiger partial charge in [-0.15, -0.1) is 0 Å². The maximum Gasteiger partial charge on any atom is 0.416 e. The minimum atomic E-state index is -1.17. The van der Waals surface area contributed by atoms with Gasteiger partial charge in [0.05, 0.1) is 12.3 Å². The summed E-state index contributed by atoms with van der Waals surface area (Å²) in [5, 5.41) is 8.96. The fourth-order valence-electron chi connectivity index (χ4n) is 1.34. The first-order valence-electron chi connectivity index (χ1n) is 5.01. The molecule has 8 heteroatoms. The van der Waals surface area contributed by atoms with Crippen molar-refractivity contribution in [2.45, 2.75) is 5.09 Å². The molecule has 2 amide bonds. The zero-order valence-electron chi connectivity index (χ0n) is 9.12. The van der Waals surface area contributed by atoms with Gasteiger partial charge in [-0.2, -0.15) is 0 Å². The molecule has 2 heterocycles. The summed E-state index contributed by atoms with van der Waals surface area (Å²) in [6.07, 6.45) is -0.647. The Balaban J connectivity index is 1.89. The summed E-state index contributed by atoms with van der Waals surface area (Å²) < 4.78 is 9.59. The van der Waals surface area contributed by atoms with E-state index in [9.17, 15) is 14.4 Å². The number of hydrogen-bond acceptors (Lipinski definition) is 6. The Morgan fingerprint density at radius 2 is 2.22 bits per heavy atom. The van der Waals surface area contributed by atoms with Crippen molar-refractivity contribution in [2.24, 2.45) is 0 Å². The fraction of sp³-hybridized carbons (Fsp3) is 0.300. The van der Waals surface area contributed by atoms with Crippen molar-refractivity contribution in [1.82, 2.24) is 4.90 Å². The van der Waals surface area contributed by atoms with Crippen molar-refractivity contribution in [3.05, 3.63) is 17.9 Å². The van der Waals surface area contributed by atoms with E-state index in [0.717, 1.165) is 16.7 Å². The Morgan fingerprint density at radius 1 is 1.44 bits per heavy atom. The number of thioether (sulfide) groups is 1. The van der Waals surface area contributed by atoms with E-state index in [4.69, 9.17) is 9.52 Å². The van der Waals surface area contributed by atoms with Crippen LogP contribution in [-0.2, 0) is 9.53 Å². The van der Waals surface area contributed by atoms with Gasteiger partial charge in [0.25, 0.3) is 0 Å². The summed E-state index contributed by atoms with van der Waals surface area (Å²) >= 11 is 1.03. The monoisotopic (exact) mass is 271 g/mol. The molecule has 1 aliphatic rings. The molecule has 18 heavy (non-hydrogen) atoms. The molecule has 0 spiro atoms. The number of carboxylic acid groups (broad SMARTS) is 1. The van der Waals surface area contributed by atoms with Crippen LogP contribution in [0.5, 0.6) is 0 Å². The van der Waals surface area contributed by atoms with E-state index in [1.165, 1.54) is 12.1 Å². The summed E-state index contributed by atoms with van der Waals surface area (Å²) in [6, 6.07) is 2.77. The first kappa shape index (κ1) is 12.5. The van der Waals surface area contributed by atoms with E-state index in [0.29, 0.717) is 5.09 Å². The number of carbonyl (C=O) groups is 3. The van der Waals surface area contributed by atoms with Gasteiger partial charge in [0, 0.05) is 0 Å². The molecule has 0 unspecified atom stereocenters. The molecule has 0 radical (unpaired) electrons. The van der Waals surface area contributed by atoms with Crippen molar-refractivity contribution in [3.8, 4) is 0 Å². The fourth-order valence-corrected chi connectivity index (χ4v) is 2.08. The van der Waals surface area contributed by atoms with Crippen molar-refractivity contribution >= 4 is 29.7 Å². The third-order valence-corrected chi connectivity index (χ3v) is 3.09. The number of imide groups is 1. The summed E-state index contributed by atoms with van der Waals surface area (Å²) in [5.41, 5.74) is 0. The highest BCUT2D eigenvalue weighted by molar-refractivity contribution is 7.99. The van der Waals surface area contributed by atoms with Gasteiger partial charge >= 0.3 is 12.1 Å². The Morgan fingerprint density at radius 3 is 2.78 bits per heavy atom. The van der Waals surface area contributed by atoms with E-state index in [1.54, 1.807) is 0 Å². The Hall–Kier alpha value is -1.96. The average molecular weight is 271 g/mol. The van der Waals surface area contributed by atoms with Gasteiger partial charge in [0.1, 0.15) is 6.61 Å². The lowest BCUT2D eigenvalue weighted by molar-refractivity contribution is -0.125. The van der Waals surface area contributed by atoms with Crippen LogP contribution in [0.3, 0.4) is 0 Å². The number of hydrogen-bond donors (Lipinski definition) is 1. The van der Waals surface area contributed by atoms with E-state index in [2.05, 4.69) is 4.74 Å². The van der Waals surface area contributed by atoms with Gasteiger partial charge in [-0.05, 0) is 12.1 Å². The van der Waals surface area contributed by atoms with Gasteiger partial charge < -0.3 is 14.3 Å². The minimum absolute atomic E-state index is 0.0122. The van der Waals surface area contributed by atoms with Crippen LogP contribution in [0.25, 0.3) is 0 Å². The first-order chi connectivity index (χ1) is 8.58. The lowest BCUT2D eigenvalue weighted by atomic mass is 10.5. The molecule has 0 aromatic carbocycles. The normalized spacial score (nSPS) is 14.7. The quantitative estimate of drug-likeness (QED) is 0.817. The van der Waals surface area contributed by atoms with Gasteiger partial charge in [0.15, 0.2) is 5.09 Å². The number of cyclic esters (lactones) is 1. The molecule has 0 atom stereocenters. The van der Waals surface area contributed by atoms with Crippen LogP contribution >= 0.6 is 11.8 Å². The Kier molecular flexibility index (Phi) is 3.56. The van der Waals surface area contributed by atoms with Crippen molar-refractivity contribution in [3.63, 3.8) is 0 Å². The van der Waals surface area contributed by atoms with E-state index >= 15 is 0 Å². The molecule has 2 rings (SSSR count). The molecular weight excluding hydrogens is 262 g/mol. The molecule has 1 aromatic heterocycles. The van der Waals surface area contributed by atoms with Crippen LogP contribution in [0.2, 0.25) is 0 Å². The molecule has 7 nitrogen and oxygen atoms in total.